The van der Waals surface area contributed by atoms with E-state index in [1.165, 1.54) is 17.4 Å². The van der Waals surface area contributed by atoms with Crippen molar-refractivity contribution in [1.29, 1.82) is 0 Å². The van der Waals surface area contributed by atoms with Crippen LogP contribution in [0.15, 0.2) is 40.4 Å². The summed E-state index contributed by atoms with van der Waals surface area (Å²) in [5, 5.41) is 9.00. The predicted octanol–water partition coefficient (Wildman–Crippen LogP) is 4.33. The first-order valence-electron chi connectivity index (χ1n) is 6.34. The van der Waals surface area contributed by atoms with Crippen molar-refractivity contribution in [2.75, 3.05) is 5.32 Å². The molecule has 2 heterocycles. The molecule has 2 aromatic heterocycles. The van der Waals surface area contributed by atoms with Gasteiger partial charge >= 0.3 is 0 Å². The highest BCUT2D eigenvalue weighted by atomic mass is 32.1. The zero-order chi connectivity index (χ0) is 15.5. The van der Waals surface area contributed by atoms with E-state index in [0.29, 0.717) is 5.69 Å². The summed E-state index contributed by atoms with van der Waals surface area (Å²) in [6.07, 6.45) is 0.0391. The van der Waals surface area contributed by atoms with E-state index >= 15 is 0 Å². The first kappa shape index (κ1) is 14.8. The van der Waals surface area contributed by atoms with Crippen LogP contribution in [0.3, 0.4) is 0 Å². The molecule has 0 aliphatic carbocycles. The minimum Gasteiger partial charge on any atom is -0.323 e. The number of hydrogen-bond acceptors (Lipinski definition) is 4. The van der Waals surface area contributed by atoms with E-state index in [2.05, 4.69) is 10.3 Å². The van der Waals surface area contributed by atoms with Crippen LogP contribution < -0.4 is 5.32 Å². The number of rotatable bonds is 4. The Hall–Kier alpha value is -2.12. The number of benzene rings is 1. The molecule has 3 nitrogen and oxygen atoms in total. The molecule has 0 saturated heterocycles. The van der Waals surface area contributed by atoms with Crippen LogP contribution in [0, 0.1) is 11.6 Å². The van der Waals surface area contributed by atoms with E-state index in [4.69, 9.17) is 0 Å². The third kappa shape index (κ3) is 3.37. The summed E-state index contributed by atoms with van der Waals surface area (Å²) in [4.78, 5) is 16.3. The Bertz CT molecular complexity index is 800. The number of thiophene rings is 1. The van der Waals surface area contributed by atoms with Gasteiger partial charge in [-0.05, 0) is 23.6 Å². The quantitative estimate of drug-likeness (QED) is 0.770. The van der Waals surface area contributed by atoms with Gasteiger partial charge in [-0.3, -0.25) is 4.79 Å². The Kier molecular flexibility index (Phi) is 4.26. The van der Waals surface area contributed by atoms with Gasteiger partial charge in [0.05, 0.1) is 17.8 Å². The topological polar surface area (TPSA) is 42.0 Å². The molecule has 0 bridgehead atoms. The lowest BCUT2D eigenvalue weighted by Crippen LogP contribution is -2.15. The third-order valence-electron chi connectivity index (χ3n) is 2.87. The van der Waals surface area contributed by atoms with Gasteiger partial charge in [-0.25, -0.2) is 13.8 Å². The van der Waals surface area contributed by atoms with Gasteiger partial charge in [0.1, 0.15) is 16.6 Å². The van der Waals surface area contributed by atoms with Gasteiger partial charge in [0.25, 0.3) is 0 Å². The van der Waals surface area contributed by atoms with Gasteiger partial charge in [0.2, 0.25) is 5.91 Å². The summed E-state index contributed by atoms with van der Waals surface area (Å²) >= 11 is 3.03. The predicted molar refractivity (Wildman–Crippen MR) is 84.1 cm³/mol. The summed E-state index contributed by atoms with van der Waals surface area (Å²) in [5.74, 6) is -1.88. The lowest BCUT2D eigenvalue weighted by Gasteiger charge is -2.05. The fourth-order valence-corrected chi connectivity index (χ4v) is 3.39. The molecule has 0 fully saturated rings. The fourth-order valence-electron chi connectivity index (χ4n) is 1.86. The van der Waals surface area contributed by atoms with Crippen molar-refractivity contribution in [2.45, 2.75) is 6.42 Å². The maximum Gasteiger partial charge on any atom is 0.230 e. The van der Waals surface area contributed by atoms with Crippen molar-refractivity contribution in [3.05, 3.63) is 57.7 Å². The van der Waals surface area contributed by atoms with Crippen LogP contribution in [-0.4, -0.2) is 10.9 Å². The molecule has 0 aliphatic heterocycles. The Morgan fingerprint density at radius 2 is 2.09 bits per heavy atom. The second kappa shape index (κ2) is 6.33. The van der Waals surface area contributed by atoms with Crippen molar-refractivity contribution >= 4 is 34.3 Å². The highest BCUT2D eigenvalue weighted by molar-refractivity contribution is 7.14. The first-order chi connectivity index (χ1) is 10.6. The van der Waals surface area contributed by atoms with Gasteiger partial charge in [0, 0.05) is 22.4 Å². The number of nitrogens with one attached hydrogen (secondary N) is 1. The van der Waals surface area contributed by atoms with E-state index in [1.807, 2.05) is 16.8 Å². The summed E-state index contributed by atoms with van der Waals surface area (Å²) in [7, 11) is 0. The Balaban J connectivity index is 1.67. The van der Waals surface area contributed by atoms with E-state index in [1.54, 1.807) is 16.7 Å². The number of anilines is 1. The van der Waals surface area contributed by atoms with E-state index in [9.17, 15) is 13.6 Å². The zero-order valence-corrected chi connectivity index (χ0v) is 12.8. The summed E-state index contributed by atoms with van der Waals surface area (Å²) < 4.78 is 26.3. The van der Waals surface area contributed by atoms with E-state index < -0.39 is 17.5 Å². The molecule has 3 aromatic rings. The Morgan fingerprint density at radius 1 is 1.23 bits per heavy atom. The van der Waals surface area contributed by atoms with Crippen LogP contribution >= 0.6 is 22.7 Å². The van der Waals surface area contributed by atoms with E-state index in [0.717, 1.165) is 22.7 Å². The Labute approximate surface area is 133 Å². The maximum atomic E-state index is 13.5. The van der Waals surface area contributed by atoms with Gasteiger partial charge in [-0.2, -0.15) is 11.3 Å². The second-order valence-corrected chi connectivity index (χ2v) is 6.14. The van der Waals surface area contributed by atoms with Gasteiger partial charge in [0.15, 0.2) is 0 Å². The molecular formula is C15H10F2N2OS2. The molecule has 3 rings (SSSR count). The average molecular weight is 336 g/mol. The van der Waals surface area contributed by atoms with Gasteiger partial charge < -0.3 is 5.32 Å². The highest BCUT2D eigenvalue weighted by Gasteiger charge is 2.11. The van der Waals surface area contributed by atoms with Gasteiger partial charge in [-0.15, -0.1) is 11.3 Å². The third-order valence-corrected chi connectivity index (χ3v) is 4.49. The fraction of sp³-hybridized carbons (Fsp3) is 0.0667. The van der Waals surface area contributed by atoms with Crippen LogP contribution in [0.5, 0.6) is 0 Å². The van der Waals surface area contributed by atoms with Crippen LogP contribution in [0.1, 0.15) is 5.69 Å². The SMILES string of the molecule is O=C(Cc1csc(-c2ccsc2)n1)Nc1ccc(F)cc1F. The second-order valence-electron chi connectivity index (χ2n) is 4.51. The number of hydrogen-bond donors (Lipinski definition) is 1. The number of halogens is 2. The largest absolute Gasteiger partial charge is 0.323 e. The number of amides is 1. The lowest BCUT2D eigenvalue weighted by atomic mass is 10.2. The van der Waals surface area contributed by atoms with Crippen LogP contribution in [0.4, 0.5) is 14.5 Å². The molecule has 7 heteroatoms. The van der Waals surface area contributed by atoms with E-state index in [-0.39, 0.29) is 12.1 Å². The Morgan fingerprint density at radius 3 is 2.82 bits per heavy atom. The molecule has 22 heavy (non-hydrogen) atoms. The average Bonchev–Trinajstić information content (AvgIpc) is 3.12. The minimum atomic E-state index is -0.800. The summed E-state index contributed by atoms with van der Waals surface area (Å²) in [6.45, 7) is 0. The van der Waals surface area contributed by atoms with Crippen molar-refractivity contribution in [3.8, 4) is 10.6 Å². The number of nitrogens with zero attached hydrogens (tertiary/aromatic N) is 1. The molecule has 0 saturated carbocycles. The molecule has 0 unspecified atom stereocenters. The van der Waals surface area contributed by atoms with Crippen LogP contribution in [0.2, 0.25) is 0 Å². The number of thiazole rings is 1. The first-order valence-corrected chi connectivity index (χ1v) is 8.16. The van der Waals surface area contributed by atoms with Crippen molar-refractivity contribution in [2.24, 2.45) is 0 Å². The smallest absolute Gasteiger partial charge is 0.230 e. The van der Waals surface area contributed by atoms with Crippen molar-refractivity contribution < 1.29 is 13.6 Å². The molecule has 1 amide bonds. The molecular weight excluding hydrogens is 326 g/mol. The number of aromatic nitrogens is 1. The molecule has 0 spiro atoms. The standard InChI is InChI=1S/C15H10F2N2OS2/c16-10-1-2-13(12(17)5-10)19-14(20)6-11-8-22-15(18-11)9-3-4-21-7-9/h1-5,7-8H,6H2,(H,19,20). The molecule has 0 aliphatic rings. The highest BCUT2D eigenvalue weighted by Crippen LogP contribution is 2.26. The lowest BCUT2D eigenvalue weighted by molar-refractivity contribution is -0.115. The molecule has 0 atom stereocenters. The molecule has 112 valence electrons. The van der Waals surface area contributed by atoms with Crippen molar-refractivity contribution in [1.82, 2.24) is 4.98 Å². The summed E-state index contributed by atoms with van der Waals surface area (Å²) in [5.41, 5.74) is 1.59. The monoisotopic (exact) mass is 336 g/mol. The van der Waals surface area contributed by atoms with Crippen LogP contribution in [-0.2, 0) is 11.2 Å². The van der Waals surface area contributed by atoms with Gasteiger partial charge in [-0.1, -0.05) is 0 Å². The molecule has 1 N–H and O–H groups in total. The zero-order valence-electron chi connectivity index (χ0n) is 11.2. The number of carbonyl (C=O) groups is 1. The summed E-state index contributed by atoms with van der Waals surface area (Å²) in [6, 6.07) is 4.98. The molecule has 1 aromatic carbocycles. The number of carbonyl (C=O) groups excluding carboxylic acids is 1. The molecule has 0 radical (unpaired) electrons. The maximum absolute atomic E-state index is 13.5. The normalized spacial score (nSPS) is 10.6. The van der Waals surface area contributed by atoms with Crippen molar-refractivity contribution in [3.63, 3.8) is 0 Å². The van der Waals surface area contributed by atoms with Crippen LogP contribution in [0.25, 0.3) is 10.6 Å². The minimum absolute atomic E-state index is 0.0391.